The van der Waals surface area contributed by atoms with Crippen LogP contribution >= 0.6 is 0 Å². The molecule has 1 aliphatic rings. The van der Waals surface area contributed by atoms with Crippen molar-refractivity contribution in [3.63, 3.8) is 0 Å². The Morgan fingerprint density at radius 1 is 0.829 bits per heavy atom. The van der Waals surface area contributed by atoms with Crippen LogP contribution < -0.4 is 15.0 Å². The Balaban J connectivity index is 1.75. The second-order valence-electron chi connectivity index (χ2n) is 9.39. The first-order valence-electron chi connectivity index (χ1n) is 11.3. The highest BCUT2D eigenvalue weighted by atomic mass is 16.5. The van der Waals surface area contributed by atoms with Gasteiger partial charge in [0.1, 0.15) is 17.8 Å². The Kier molecular flexibility index (Phi) is 5.51. The first-order valence-corrected chi connectivity index (χ1v) is 11.3. The third kappa shape index (κ3) is 4.01. The number of rotatable bonds is 5. The van der Waals surface area contributed by atoms with Crippen molar-refractivity contribution in [1.29, 1.82) is 0 Å². The molecule has 8 nitrogen and oxygen atoms in total. The molecule has 4 aromatic rings. The number of Topliss-reactive ketones (excluding diaryl/α,β-unsaturated/α-hetero) is 1. The van der Waals surface area contributed by atoms with Gasteiger partial charge in [-0.15, -0.1) is 0 Å². The number of benzene rings is 2. The number of aromatic nitrogens is 4. The Morgan fingerprint density at radius 2 is 1.43 bits per heavy atom. The molecule has 35 heavy (non-hydrogen) atoms. The van der Waals surface area contributed by atoms with Gasteiger partial charge in [-0.2, -0.15) is 5.10 Å². The van der Waals surface area contributed by atoms with Crippen LogP contribution in [0, 0.1) is 5.41 Å². The lowest BCUT2D eigenvalue weighted by Crippen LogP contribution is -2.35. The molecule has 0 atom stereocenters. The minimum atomic E-state index is -0.262. The summed E-state index contributed by atoms with van der Waals surface area (Å²) < 4.78 is 13.8. The topological polar surface area (TPSA) is 88.2 Å². The van der Waals surface area contributed by atoms with Crippen molar-refractivity contribution < 1.29 is 14.3 Å². The van der Waals surface area contributed by atoms with Gasteiger partial charge in [-0.1, -0.05) is 13.8 Å². The van der Waals surface area contributed by atoms with E-state index in [1.807, 2.05) is 50.2 Å². The fourth-order valence-corrected chi connectivity index (χ4v) is 4.62. The van der Waals surface area contributed by atoms with Crippen LogP contribution in [0.25, 0.3) is 22.8 Å². The second kappa shape index (κ2) is 8.54. The molecule has 2 aromatic heterocycles. The molecule has 0 N–H and O–H groups in total. The molecule has 2 aromatic carbocycles. The summed E-state index contributed by atoms with van der Waals surface area (Å²) in [4.78, 5) is 31.7. The van der Waals surface area contributed by atoms with Gasteiger partial charge in [-0.3, -0.25) is 14.2 Å². The number of hydrogen-bond acceptors (Lipinski definition) is 6. The number of carbonyl (C=O) groups is 1. The number of pyridine rings is 1. The standard InChI is InChI=1S/C27H26N4O4/c1-27(2)14-23-21(24(32)15-27)13-22(26(33)30(23)17-5-9-19(34-3)10-6-17)25-28-16-29-31(25)18-7-11-20(35-4)12-8-18/h5-13,16H,14-15H2,1-4H3. The van der Waals surface area contributed by atoms with Gasteiger partial charge in [0.05, 0.1) is 25.5 Å². The zero-order chi connectivity index (χ0) is 24.7. The number of hydrogen-bond donors (Lipinski definition) is 0. The number of ketones is 1. The molecule has 0 unspecified atom stereocenters. The van der Waals surface area contributed by atoms with Crippen molar-refractivity contribution >= 4 is 5.78 Å². The molecule has 5 rings (SSSR count). The van der Waals surface area contributed by atoms with Crippen LogP contribution in [0.3, 0.4) is 0 Å². The van der Waals surface area contributed by atoms with Crippen molar-refractivity contribution in [1.82, 2.24) is 19.3 Å². The van der Waals surface area contributed by atoms with E-state index in [2.05, 4.69) is 10.1 Å². The average Bonchev–Trinajstić information content (AvgIpc) is 3.33. The molecule has 0 bridgehead atoms. The predicted molar refractivity (Wildman–Crippen MR) is 132 cm³/mol. The van der Waals surface area contributed by atoms with Gasteiger partial charge < -0.3 is 9.47 Å². The molecule has 0 saturated heterocycles. The largest absolute Gasteiger partial charge is 0.497 e. The van der Waals surface area contributed by atoms with Crippen LogP contribution in [0.5, 0.6) is 11.5 Å². The fourth-order valence-electron chi connectivity index (χ4n) is 4.62. The quantitative estimate of drug-likeness (QED) is 0.433. The van der Waals surface area contributed by atoms with Crippen LogP contribution in [0.1, 0.15) is 36.3 Å². The van der Waals surface area contributed by atoms with E-state index in [0.29, 0.717) is 52.7 Å². The SMILES string of the molecule is COc1ccc(-n2ncnc2-c2cc3c(n(-c4ccc(OC)cc4)c2=O)CC(C)(C)CC3=O)cc1. The average molecular weight is 471 g/mol. The van der Waals surface area contributed by atoms with E-state index in [1.165, 1.54) is 6.33 Å². The summed E-state index contributed by atoms with van der Waals surface area (Å²) >= 11 is 0. The minimum absolute atomic E-state index is 0.00951. The molecule has 0 aliphatic heterocycles. The van der Waals surface area contributed by atoms with E-state index in [-0.39, 0.29) is 16.8 Å². The molecule has 1 aliphatic carbocycles. The molecule has 0 fully saturated rings. The molecule has 2 heterocycles. The van der Waals surface area contributed by atoms with E-state index >= 15 is 0 Å². The first-order chi connectivity index (χ1) is 16.8. The minimum Gasteiger partial charge on any atom is -0.497 e. The lowest BCUT2D eigenvalue weighted by Gasteiger charge is -2.32. The van der Waals surface area contributed by atoms with Gasteiger partial charge in [-0.05, 0) is 66.4 Å². The Bertz CT molecular complexity index is 1460. The summed E-state index contributed by atoms with van der Waals surface area (Å²) in [6.07, 6.45) is 2.41. The van der Waals surface area contributed by atoms with E-state index < -0.39 is 0 Å². The maximum absolute atomic E-state index is 14.0. The summed E-state index contributed by atoms with van der Waals surface area (Å²) in [6.45, 7) is 4.09. The maximum Gasteiger partial charge on any atom is 0.266 e. The lowest BCUT2D eigenvalue weighted by atomic mass is 9.75. The van der Waals surface area contributed by atoms with Crippen LogP contribution in [-0.2, 0) is 6.42 Å². The molecule has 178 valence electrons. The number of fused-ring (bicyclic) bond motifs is 1. The Labute approximate surface area is 202 Å². The molecule has 0 spiro atoms. The van der Waals surface area contributed by atoms with Gasteiger partial charge >= 0.3 is 0 Å². The van der Waals surface area contributed by atoms with Gasteiger partial charge in [0, 0.05) is 23.4 Å². The van der Waals surface area contributed by atoms with E-state index in [1.54, 1.807) is 41.7 Å². The van der Waals surface area contributed by atoms with Crippen molar-refractivity contribution in [2.75, 3.05) is 14.2 Å². The number of ether oxygens (including phenoxy) is 2. The van der Waals surface area contributed by atoms with Crippen molar-refractivity contribution in [3.05, 3.63) is 82.5 Å². The highest BCUT2D eigenvalue weighted by Crippen LogP contribution is 2.36. The predicted octanol–water partition coefficient (Wildman–Crippen LogP) is 4.26. The van der Waals surface area contributed by atoms with E-state index in [9.17, 15) is 9.59 Å². The number of carbonyl (C=O) groups excluding carboxylic acids is 1. The summed E-state index contributed by atoms with van der Waals surface area (Å²) in [5.41, 5.74) is 2.42. The Morgan fingerprint density at radius 3 is 2.03 bits per heavy atom. The second-order valence-corrected chi connectivity index (χ2v) is 9.39. The summed E-state index contributed by atoms with van der Waals surface area (Å²) in [7, 11) is 3.19. The van der Waals surface area contributed by atoms with E-state index in [0.717, 1.165) is 5.69 Å². The van der Waals surface area contributed by atoms with E-state index in [4.69, 9.17) is 9.47 Å². The zero-order valence-electron chi connectivity index (χ0n) is 20.1. The third-order valence-electron chi connectivity index (χ3n) is 6.32. The van der Waals surface area contributed by atoms with Gasteiger partial charge in [0.2, 0.25) is 0 Å². The van der Waals surface area contributed by atoms with Crippen LogP contribution in [0.15, 0.2) is 65.7 Å². The Hall–Kier alpha value is -4.20. The van der Waals surface area contributed by atoms with Crippen molar-refractivity contribution in [2.24, 2.45) is 5.41 Å². The highest BCUT2D eigenvalue weighted by Gasteiger charge is 2.35. The number of methoxy groups -OCH3 is 2. The van der Waals surface area contributed by atoms with Gasteiger partial charge in [-0.25, -0.2) is 9.67 Å². The molecule has 8 heteroatoms. The molecule has 0 radical (unpaired) electrons. The normalized spacial score (nSPS) is 14.5. The summed E-state index contributed by atoms with van der Waals surface area (Å²) in [5, 5.41) is 4.35. The first kappa shape index (κ1) is 22.6. The smallest absolute Gasteiger partial charge is 0.266 e. The molecular weight excluding hydrogens is 444 g/mol. The summed E-state index contributed by atoms with van der Waals surface area (Å²) in [6, 6.07) is 16.2. The summed E-state index contributed by atoms with van der Waals surface area (Å²) in [5.74, 6) is 1.76. The highest BCUT2D eigenvalue weighted by molar-refractivity contribution is 5.99. The van der Waals surface area contributed by atoms with Gasteiger partial charge in [0.25, 0.3) is 5.56 Å². The van der Waals surface area contributed by atoms with Crippen LogP contribution in [0.4, 0.5) is 0 Å². The fraction of sp³-hybridized carbons (Fsp3) is 0.259. The molecule has 0 saturated carbocycles. The van der Waals surface area contributed by atoms with Crippen LogP contribution in [-0.4, -0.2) is 39.3 Å². The van der Waals surface area contributed by atoms with Crippen LogP contribution in [0.2, 0.25) is 0 Å². The molecule has 0 amide bonds. The lowest BCUT2D eigenvalue weighted by molar-refractivity contribution is 0.0909. The maximum atomic E-state index is 14.0. The third-order valence-corrected chi connectivity index (χ3v) is 6.32. The zero-order valence-corrected chi connectivity index (χ0v) is 20.1. The van der Waals surface area contributed by atoms with Crippen molar-refractivity contribution in [3.8, 4) is 34.3 Å². The van der Waals surface area contributed by atoms with Gasteiger partial charge in [0.15, 0.2) is 11.6 Å². The number of nitrogens with zero attached hydrogens (tertiary/aromatic N) is 4. The van der Waals surface area contributed by atoms with Crippen molar-refractivity contribution in [2.45, 2.75) is 26.7 Å². The molecular formula is C27H26N4O4. The monoisotopic (exact) mass is 470 g/mol.